The molecule has 0 saturated heterocycles. The molecule has 0 aliphatic heterocycles. The number of anilines is 1. The fourth-order valence-electron chi connectivity index (χ4n) is 2.70. The van der Waals surface area contributed by atoms with Gasteiger partial charge in [0.05, 0.1) is 19.8 Å². The molecular weight excluding hydrogens is 385 g/mol. The third-order valence-corrected chi connectivity index (χ3v) is 4.38. The van der Waals surface area contributed by atoms with Crippen LogP contribution in [0.1, 0.15) is 21.6 Å². The van der Waals surface area contributed by atoms with E-state index < -0.39 is 11.7 Å². The zero-order chi connectivity index (χ0) is 20.1. The minimum Gasteiger partial charge on any atom is -0.497 e. The number of H-pyrrole nitrogens is 1. The number of hydrogen-bond acceptors (Lipinski definition) is 4. The molecule has 146 valence electrons. The van der Waals surface area contributed by atoms with Crippen molar-refractivity contribution < 1.29 is 18.7 Å². The van der Waals surface area contributed by atoms with Gasteiger partial charge in [0.1, 0.15) is 17.3 Å². The number of methoxy groups -OCH3 is 2. The summed E-state index contributed by atoms with van der Waals surface area (Å²) < 4.78 is 24.4. The van der Waals surface area contributed by atoms with Crippen LogP contribution in [0, 0.1) is 5.82 Å². The fraction of sp³-hybridized carbons (Fsp3) is 0.200. The number of hydrogen-bond donors (Lipinski definition) is 2. The van der Waals surface area contributed by atoms with Crippen molar-refractivity contribution in [2.24, 2.45) is 0 Å². The number of rotatable bonds is 7. The molecule has 0 bridgehead atoms. The van der Waals surface area contributed by atoms with E-state index in [1.165, 1.54) is 12.1 Å². The first-order valence-corrected chi connectivity index (χ1v) is 8.89. The minimum atomic E-state index is -0.687. The van der Waals surface area contributed by atoms with Gasteiger partial charge in [0, 0.05) is 22.8 Å². The van der Waals surface area contributed by atoms with Crippen LogP contribution < -0.4 is 14.8 Å². The van der Waals surface area contributed by atoms with Crippen molar-refractivity contribution in [3.8, 4) is 11.5 Å². The molecule has 0 aliphatic rings. The van der Waals surface area contributed by atoms with Gasteiger partial charge < -0.3 is 14.8 Å². The molecule has 0 aliphatic carbocycles. The van der Waals surface area contributed by atoms with Crippen molar-refractivity contribution in [3.05, 3.63) is 70.1 Å². The lowest BCUT2D eigenvalue weighted by Gasteiger charge is -2.08. The number of ether oxygens (including phenoxy) is 2. The third-order valence-electron chi connectivity index (χ3n) is 4.14. The van der Waals surface area contributed by atoms with E-state index in [9.17, 15) is 9.18 Å². The maximum Gasteiger partial charge on any atom is 0.259 e. The first kappa shape index (κ1) is 19.7. The van der Waals surface area contributed by atoms with Gasteiger partial charge >= 0.3 is 0 Å². The van der Waals surface area contributed by atoms with Gasteiger partial charge in [-0.25, -0.2) is 4.39 Å². The summed E-state index contributed by atoms with van der Waals surface area (Å²) in [6.07, 6.45) is 1.38. The lowest BCUT2D eigenvalue weighted by atomic mass is 10.1. The van der Waals surface area contributed by atoms with E-state index in [1.54, 1.807) is 20.3 Å². The van der Waals surface area contributed by atoms with Crippen LogP contribution in [0.25, 0.3) is 0 Å². The van der Waals surface area contributed by atoms with Gasteiger partial charge in [0.15, 0.2) is 5.82 Å². The molecular formula is C20H19ClFN3O3. The monoisotopic (exact) mass is 403 g/mol. The summed E-state index contributed by atoms with van der Waals surface area (Å²) in [7, 11) is 3.21. The van der Waals surface area contributed by atoms with Crippen LogP contribution in [0.15, 0.2) is 42.5 Å². The molecule has 3 rings (SSSR count). The van der Waals surface area contributed by atoms with Gasteiger partial charge in [-0.1, -0.05) is 11.6 Å². The van der Waals surface area contributed by atoms with Crippen molar-refractivity contribution in [3.63, 3.8) is 0 Å². The molecule has 8 heteroatoms. The van der Waals surface area contributed by atoms with E-state index in [0.29, 0.717) is 12.2 Å². The lowest BCUT2D eigenvalue weighted by molar-refractivity contribution is 0.102. The molecule has 28 heavy (non-hydrogen) atoms. The Balaban J connectivity index is 1.63. The number of nitrogens with one attached hydrogen (secondary N) is 2. The largest absolute Gasteiger partial charge is 0.497 e. The number of aromatic amines is 1. The molecule has 3 aromatic rings. The van der Waals surface area contributed by atoms with Crippen molar-refractivity contribution in [2.75, 3.05) is 19.5 Å². The zero-order valence-corrected chi connectivity index (χ0v) is 16.1. The Bertz CT molecular complexity index is 968. The highest BCUT2D eigenvalue weighted by Gasteiger charge is 2.14. The van der Waals surface area contributed by atoms with Crippen molar-refractivity contribution in [1.82, 2.24) is 10.2 Å². The number of benzene rings is 2. The normalized spacial score (nSPS) is 10.6. The summed E-state index contributed by atoms with van der Waals surface area (Å²) in [5, 5.41) is 9.72. The molecule has 2 aromatic carbocycles. The predicted octanol–water partition coefficient (Wildman–Crippen LogP) is 4.26. The molecule has 0 unspecified atom stereocenters. The molecule has 0 saturated carbocycles. The Kier molecular flexibility index (Phi) is 6.16. The Morgan fingerprint density at radius 3 is 2.46 bits per heavy atom. The van der Waals surface area contributed by atoms with Crippen LogP contribution >= 0.6 is 11.6 Å². The van der Waals surface area contributed by atoms with Crippen LogP contribution in [0.4, 0.5) is 10.2 Å². The average Bonchev–Trinajstić information content (AvgIpc) is 3.13. The van der Waals surface area contributed by atoms with E-state index in [4.69, 9.17) is 21.1 Å². The van der Waals surface area contributed by atoms with Crippen molar-refractivity contribution >= 4 is 23.3 Å². The highest BCUT2D eigenvalue weighted by molar-refractivity contribution is 6.30. The van der Waals surface area contributed by atoms with E-state index >= 15 is 0 Å². The summed E-state index contributed by atoms with van der Waals surface area (Å²) in [5.41, 5.74) is 1.77. The number of nitrogens with zero attached hydrogens (tertiary/aromatic N) is 1. The molecule has 6 nitrogen and oxygen atoms in total. The topological polar surface area (TPSA) is 76.2 Å². The van der Waals surface area contributed by atoms with Gasteiger partial charge in [-0.15, -0.1) is 0 Å². The Morgan fingerprint density at radius 1 is 1.11 bits per heavy atom. The van der Waals surface area contributed by atoms with E-state index in [-0.39, 0.29) is 10.6 Å². The minimum absolute atomic E-state index is 0.0996. The number of aryl methyl sites for hydroxylation is 2. The van der Waals surface area contributed by atoms with Crippen LogP contribution in [0.5, 0.6) is 11.5 Å². The summed E-state index contributed by atoms with van der Waals surface area (Å²) in [4.78, 5) is 12.2. The molecule has 0 atom stereocenters. The van der Waals surface area contributed by atoms with Crippen molar-refractivity contribution in [2.45, 2.75) is 12.8 Å². The lowest BCUT2D eigenvalue weighted by Crippen LogP contribution is -2.13. The molecule has 1 amide bonds. The Morgan fingerprint density at radius 2 is 1.82 bits per heavy atom. The van der Waals surface area contributed by atoms with Crippen LogP contribution in [0.2, 0.25) is 5.02 Å². The Labute approximate surface area is 166 Å². The maximum absolute atomic E-state index is 13.8. The summed E-state index contributed by atoms with van der Waals surface area (Å²) in [6.45, 7) is 0. The predicted molar refractivity (Wildman–Crippen MR) is 105 cm³/mol. The first-order valence-electron chi connectivity index (χ1n) is 8.51. The zero-order valence-electron chi connectivity index (χ0n) is 15.4. The maximum atomic E-state index is 13.8. The number of carbonyl (C=O) groups excluding carboxylic acids is 1. The van der Waals surface area contributed by atoms with Gasteiger partial charge in [-0.3, -0.25) is 9.89 Å². The molecule has 0 spiro atoms. The van der Waals surface area contributed by atoms with Gasteiger partial charge in [-0.05, 0) is 48.7 Å². The fourth-order valence-corrected chi connectivity index (χ4v) is 2.86. The number of halogens is 2. The number of amides is 1. The summed E-state index contributed by atoms with van der Waals surface area (Å²) in [5.74, 6) is 0.476. The van der Waals surface area contributed by atoms with Gasteiger partial charge in [0.25, 0.3) is 5.91 Å². The highest BCUT2D eigenvalue weighted by atomic mass is 35.5. The quantitative estimate of drug-likeness (QED) is 0.618. The third kappa shape index (κ3) is 4.80. The number of carbonyl (C=O) groups is 1. The molecule has 2 N–H and O–H groups in total. The molecule has 0 radical (unpaired) electrons. The second-order valence-electron chi connectivity index (χ2n) is 6.08. The molecule has 1 aromatic heterocycles. The average molecular weight is 404 g/mol. The van der Waals surface area contributed by atoms with Crippen LogP contribution in [-0.4, -0.2) is 30.3 Å². The van der Waals surface area contributed by atoms with E-state index in [1.807, 2.05) is 18.2 Å². The standard InChI is InChI=1S/C20H19ClFN3O3/c1-27-15-7-12(8-16(11-15)28-2)3-5-14-10-19(25-24-14)23-20(26)17-6-4-13(21)9-18(17)22/h4,6-11H,3,5H2,1-2H3,(H2,23,24,25,26). The Hall–Kier alpha value is -3.06. The van der Waals surface area contributed by atoms with Crippen LogP contribution in [-0.2, 0) is 12.8 Å². The summed E-state index contributed by atoms with van der Waals surface area (Å²) >= 11 is 5.70. The number of aromatic nitrogens is 2. The SMILES string of the molecule is COc1cc(CCc2cc(NC(=O)c3ccc(Cl)cc3F)n[nH]2)cc(OC)c1. The smallest absolute Gasteiger partial charge is 0.259 e. The first-order chi connectivity index (χ1) is 13.5. The van der Waals surface area contributed by atoms with E-state index in [2.05, 4.69) is 15.5 Å². The molecule has 1 heterocycles. The summed E-state index contributed by atoms with van der Waals surface area (Å²) in [6, 6.07) is 11.3. The highest BCUT2D eigenvalue weighted by Crippen LogP contribution is 2.23. The van der Waals surface area contributed by atoms with Gasteiger partial charge in [-0.2, -0.15) is 5.10 Å². The second-order valence-corrected chi connectivity index (χ2v) is 6.51. The van der Waals surface area contributed by atoms with Gasteiger partial charge in [0.2, 0.25) is 0 Å². The van der Waals surface area contributed by atoms with Crippen molar-refractivity contribution in [1.29, 1.82) is 0 Å². The van der Waals surface area contributed by atoms with E-state index in [0.717, 1.165) is 35.2 Å². The van der Waals surface area contributed by atoms with Crippen LogP contribution in [0.3, 0.4) is 0 Å². The molecule has 0 fully saturated rings. The second kappa shape index (κ2) is 8.75.